The van der Waals surface area contributed by atoms with Gasteiger partial charge in [0.2, 0.25) is 0 Å². The second kappa shape index (κ2) is 11.1. The Hall–Kier alpha value is -3.52. The number of sulfonamides is 1. The van der Waals surface area contributed by atoms with E-state index in [9.17, 15) is 13.2 Å². The van der Waals surface area contributed by atoms with Crippen molar-refractivity contribution in [1.82, 2.24) is 0 Å². The first kappa shape index (κ1) is 25.1. The van der Waals surface area contributed by atoms with E-state index < -0.39 is 10.0 Å². The van der Waals surface area contributed by atoms with Crippen LogP contribution in [0.1, 0.15) is 30.5 Å². The highest BCUT2D eigenvalue weighted by molar-refractivity contribution is 7.92. The normalized spacial score (nSPS) is 11.1. The number of hydrogen-bond acceptors (Lipinski definition) is 5. The monoisotopic (exact) mass is 482 g/mol. The molecule has 0 fully saturated rings. The van der Waals surface area contributed by atoms with Gasteiger partial charge in [-0.05, 0) is 78.9 Å². The Morgan fingerprint density at radius 1 is 0.941 bits per heavy atom. The number of methoxy groups -OCH3 is 1. The summed E-state index contributed by atoms with van der Waals surface area (Å²) < 4.78 is 38.8. The molecule has 8 heteroatoms. The summed E-state index contributed by atoms with van der Waals surface area (Å²) in [6, 6.07) is 17.1. The standard InChI is InChI=1S/C26H30N2O5S/c1-5-19-8-7-9-20(6-2)26(19)27-25(29)17-33-24-15-14-23(16-18(24)3)34(30,31)28-21-10-12-22(32-4)13-11-21/h7-16,28H,5-6,17H2,1-4H3,(H,27,29). The zero-order chi connectivity index (χ0) is 24.7. The minimum atomic E-state index is -3.79. The number of benzene rings is 3. The van der Waals surface area contributed by atoms with Gasteiger partial charge in [0.15, 0.2) is 6.61 Å². The zero-order valence-electron chi connectivity index (χ0n) is 19.8. The number of hydrogen-bond donors (Lipinski definition) is 2. The number of aryl methyl sites for hydroxylation is 3. The number of amides is 1. The third-order valence-electron chi connectivity index (χ3n) is 5.42. The molecule has 7 nitrogen and oxygen atoms in total. The summed E-state index contributed by atoms with van der Waals surface area (Å²) in [5.74, 6) is 0.805. The maximum atomic E-state index is 12.8. The third kappa shape index (κ3) is 6.08. The van der Waals surface area contributed by atoms with Crippen LogP contribution in [0.2, 0.25) is 0 Å². The molecule has 180 valence electrons. The van der Waals surface area contributed by atoms with Gasteiger partial charge < -0.3 is 14.8 Å². The van der Waals surface area contributed by atoms with Crippen LogP contribution in [-0.4, -0.2) is 28.0 Å². The molecule has 34 heavy (non-hydrogen) atoms. The fraction of sp³-hybridized carbons (Fsp3) is 0.269. The van der Waals surface area contributed by atoms with E-state index in [1.54, 1.807) is 44.4 Å². The lowest BCUT2D eigenvalue weighted by molar-refractivity contribution is -0.118. The van der Waals surface area contributed by atoms with Gasteiger partial charge in [-0.1, -0.05) is 32.0 Å². The molecule has 0 atom stereocenters. The van der Waals surface area contributed by atoms with Gasteiger partial charge in [0.05, 0.1) is 12.0 Å². The number of ether oxygens (including phenoxy) is 2. The van der Waals surface area contributed by atoms with Crippen LogP contribution >= 0.6 is 0 Å². The molecule has 1 amide bonds. The second-order valence-corrected chi connectivity index (χ2v) is 9.44. The summed E-state index contributed by atoms with van der Waals surface area (Å²) >= 11 is 0. The van der Waals surface area contributed by atoms with Crippen molar-refractivity contribution in [2.45, 2.75) is 38.5 Å². The minimum absolute atomic E-state index is 0.0991. The predicted molar refractivity (Wildman–Crippen MR) is 134 cm³/mol. The van der Waals surface area contributed by atoms with Crippen LogP contribution in [0.5, 0.6) is 11.5 Å². The Labute approximate surface area is 201 Å². The quantitative estimate of drug-likeness (QED) is 0.427. The number of carbonyl (C=O) groups is 1. The summed E-state index contributed by atoms with van der Waals surface area (Å²) in [5, 5.41) is 2.96. The first-order valence-electron chi connectivity index (χ1n) is 11.1. The summed E-state index contributed by atoms with van der Waals surface area (Å²) in [7, 11) is -2.24. The van der Waals surface area contributed by atoms with E-state index in [2.05, 4.69) is 10.0 Å². The smallest absolute Gasteiger partial charge is 0.262 e. The van der Waals surface area contributed by atoms with Crippen molar-refractivity contribution >= 4 is 27.3 Å². The maximum Gasteiger partial charge on any atom is 0.262 e. The SMILES string of the molecule is CCc1cccc(CC)c1NC(=O)COc1ccc(S(=O)(=O)Nc2ccc(OC)cc2)cc1C. The van der Waals surface area contributed by atoms with E-state index in [1.165, 1.54) is 12.1 Å². The van der Waals surface area contributed by atoms with E-state index in [-0.39, 0.29) is 17.4 Å². The number of nitrogens with one attached hydrogen (secondary N) is 2. The Bertz CT molecular complexity index is 1230. The van der Waals surface area contributed by atoms with Crippen molar-refractivity contribution < 1.29 is 22.7 Å². The third-order valence-corrected chi connectivity index (χ3v) is 6.80. The molecule has 0 aliphatic heterocycles. The van der Waals surface area contributed by atoms with Crippen LogP contribution in [0.3, 0.4) is 0 Å². The summed E-state index contributed by atoms with van der Waals surface area (Å²) in [5.41, 5.74) is 4.01. The Morgan fingerprint density at radius 3 is 2.15 bits per heavy atom. The van der Waals surface area contributed by atoms with Gasteiger partial charge in [0.25, 0.3) is 15.9 Å². The van der Waals surface area contributed by atoms with Gasteiger partial charge in [-0.2, -0.15) is 0 Å². The predicted octanol–water partition coefficient (Wildman–Crippen LogP) is 4.95. The van der Waals surface area contributed by atoms with Gasteiger partial charge in [-0.15, -0.1) is 0 Å². The van der Waals surface area contributed by atoms with Crippen molar-refractivity contribution in [1.29, 1.82) is 0 Å². The van der Waals surface area contributed by atoms with Crippen LogP contribution in [0.15, 0.2) is 65.6 Å². The number of rotatable bonds is 10. The molecule has 0 heterocycles. The van der Waals surface area contributed by atoms with E-state index in [4.69, 9.17) is 9.47 Å². The van der Waals surface area contributed by atoms with Crippen molar-refractivity contribution in [2.75, 3.05) is 23.8 Å². The molecule has 0 aliphatic carbocycles. The van der Waals surface area contributed by atoms with Crippen molar-refractivity contribution in [3.63, 3.8) is 0 Å². The van der Waals surface area contributed by atoms with Crippen molar-refractivity contribution in [2.24, 2.45) is 0 Å². The molecule has 0 aliphatic rings. The average molecular weight is 483 g/mol. The Balaban J connectivity index is 1.66. The van der Waals surface area contributed by atoms with Crippen molar-refractivity contribution in [3.05, 3.63) is 77.4 Å². The van der Waals surface area contributed by atoms with Crippen molar-refractivity contribution in [3.8, 4) is 11.5 Å². The lowest BCUT2D eigenvalue weighted by Gasteiger charge is -2.15. The second-order valence-electron chi connectivity index (χ2n) is 7.76. The first-order valence-corrected chi connectivity index (χ1v) is 12.6. The lowest BCUT2D eigenvalue weighted by Crippen LogP contribution is -2.22. The Kier molecular flexibility index (Phi) is 8.17. The van der Waals surface area contributed by atoms with Crippen LogP contribution in [0.4, 0.5) is 11.4 Å². The van der Waals surface area contributed by atoms with Crippen LogP contribution in [0.25, 0.3) is 0 Å². The van der Waals surface area contributed by atoms with Gasteiger partial charge >= 0.3 is 0 Å². The van der Waals surface area contributed by atoms with Crippen LogP contribution in [-0.2, 0) is 27.7 Å². The van der Waals surface area contributed by atoms with E-state index >= 15 is 0 Å². The molecule has 0 saturated carbocycles. The molecule has 3 aromatic rings. The fourth-order valence-corrected chi connectivity index (χ4v) is 4.69. The van der Waals surface area contributed by atoms with Gasteiger partial charge in [0.1, 0.15) is 11.5 Å². The van der Waals surface area contributed by atoms with Crippen LogP contribution in [0, 0.1) is 6.92 Å². The highest BCUT2D eigenvalue weighted by atomic mass is 32.2. The molecular formula is C26H30N2O5S. The minimum Gasteiger partial charge on any atom is -0.497 e. The van der Waals surface area contributed by atoms with E-state index in [1.807, 2.05) is 32.0 Å². The van der Waals surface area contributed by atoms with Crippen LogP contribution < -0.4 is 19.5 Å². The summed E-state index contributed by atoms with van der Waals surface area (Å²) in [6.07, 6.45) is 1.62. The molecule has 0 unspecified atom stereocenters. The first-order chi connectivity index (χ1) is 16.3. The maximum absolute atomic E-state index is 12.8. The lowest BCUT2D eigenvalue weighted by atomic mass is 10.0. The molecule has 0 spiro atoms. The Morgan fingerprint density at radius 2 is 1.59 bits per heavy atom. The summed E-state index contributed by atoms with van der Waals surface area (Å²) in [6.45, 7) is 5.65. The molecule has 3 aromatic carbocycles. The number of carbonyl (C=O) groups excluding carboxylic acids is 1. The zero-order valence-corrected chi connectivity index (χ0v) is 20.7. The van der Waals surface area contributed by atoms with E-state index in [0.29, 0.717) is 22.7 Å². The number of anilines is 2. The number of para-hydroxylation sites is 1. The molecule has 0 bridgehead atoms. The molecular weight excluding hydrogens is 452 g/mol. The molecule has 3 rings (SSSR count). The fourth-order valence-electron chi connectivity index (χ4n) is 3.55. The van der Waals surface area contributed by atoms with Gasteiger partial charge in [-0.3, -0.25) is 9.52 Å². The molecule has 0 radical (unpaired) electrons. The highest BCUT2D eigenvalue weighted by Gasteiger charge is 2.17. The van der Waals surface area contributed by atoms with Gasteiger partial charge in [0, 0.05) is 11.4 Å². The topological polar surface area (TPSA) is 93.7 Å². The average Bonchev–Trinajstić information content (AvgIpc) is 2.83. The van der Waals surface area contributed by atoms with E-state index in [0.717, 1.165) is 29.7 Å². The van der Waals surface area contributed by atoms with Gasteiger partial charge in [-0.25, -0.2) is 8.42 Å². The summed E-state index contributed by atoms with van der Waals surface area (Å²) in [4.78, 5) is 12.7. The molecule has 0 saturated heterocycles. The molecule has 2 N–H and O–H groups in total. The highest BCUT2D eigenvalue weighted by Crippen LogP contribution is 2.25. The molecule has 0 aromatic heterocycles. The largest absolute Gasteiger partial charge is 0.497 e.